The molecule has 23 heavy (non-hydrogen) atoms. The van der Waals surface area contributed by atoms with Crippen LogP contribution in [0.25, 0.3) is 11.1 Å². The van der Waals surface area contributed by atoms with Gasteiger partial charge >= 0.3 is 6.18 Å². The molecule has 0 aromatic heterocycles. The Morgan fingerprint density at radius 3 is 2.57 bits per heavy atom. The van der Waals surface area contributed by atoms with Crippen molar-refractivity contribution in [1.29, 1.82) is 0 Å². The van der Waals surface area contributed by atoms with Crippen LogP contribution in [0.2, 0.25) is 0 Å². The van der Waals surface area contributed by atoms with Crippen molar-refractivity contribution >= 4 is 5.71 Å². The van der Waals surface area contributed by atoms with Crippen molar-refractivity contribution in [3.63, 3.8) is 0 Å². The second-order valence-corrected chi connectivity index (χ2v) is 5.02. The minimum atomic E-state index is -4.53. The number of hydrazone groups is 1. The van der Waals surface area contributed by atoms with E-state index in [1.54, 1.807) is 6.07 Å². The maximum atomic E-state index is 13.4. The Kier molecular flexibility index (Phi) is 3.96. The number of benzene rings is 2. The highest BCUT2D eigenvalue weighted by Crippen LogP contribution is 2.38. The van der Waals surface area contributed by atoms with E-state index in [4.69, 9.17) is 4.74 Å². The molecular formula is C16H13F3N2O2. The van der Waals surface area contributed by atoms with Crippen LogP contribution in [0.15, 0.2) is 47.6 Å². The van der Waals surface area contributed by atoms with Crippen molar-refractivity contribution in [2.45, 2.75) is 6.18 Å². The molecule has 0 atom stereocenters. The van der Waals surface area contributed by atoms with Gasteiger partial charge in [0.1, 0.15) is 12.5 Å². The fourth-order valence-corrected chi connectivity index (χ4v) is 2.38. The Balaban J connectivity index is 2.12. The van der Waals surface area contributed by atoms with Crippen molar-refractivity contribution in [2.24, 2.45) is 5.10 Å². The first-order valence-corrected chi connectivity index (χ1v) is 6.83. The molecule has 0 radical (unpaired) electrons. The van der Waals surface area contributed by atoms with Crippen molar-refractivity contribution in [3.05, 3.63) is 53.6 Å². The van der Waals surface area contributed by atoms with Gasteiger partial charge in [-0.05, 0) is 29.3 Å². The Labute approximate surface area is 130 Å². The second kappa shape index (κ2) is 5.92. The van der Waals surface area contributed by atoms with Crippen LogP contribution in [-0.2, 0) is 10.9 Å². The number of ether oxygens (including phenoxy) is 1. The van der Waals surface area contributed by atoms with E-state index < -0.39 is 11.7 Å². The largest absolute Gasteiger partial charge is 0.508 e. The normalized spacial score (nSPS) is 15.0. The van der Waals surface area contributed by atoms with Crippen LogP contribution in [0.5, 0.6) is 5.75 Å². The second-order valence-electron chi connectivity index (χ2n) is 5.02. The predicted molar refractivity (Wildman–Crippen MR) is 79.0 cm³/mol. The van der Waals surface area contributed by atoms with Crippen LogP contribution in [0.1, 0.15) is 11.1 Å². The lowest BCUT2D eigenvalue weighted by Crippen LogP contribution is -2.26. The number of nitrogens with zero attached hydrogens (tertiary/aromatic N) is 1. The van der Waals surface area contributed by atoms with E-state index in [2.05, 4.69) is 10.5 Å². The monoisotopic (exact) mass is 322 g/mol. The van der Waals surface area contributed by atoms with Gasteiger partial charge in [-0.25, -0.2) is 0 Å². The molecule has 0 amide bonds. The number of aromatic hydroxyl groups is 1. The molecule has 4 nitrogen and oxygen atoms in total. The van der Waals surface area contributed by atoms with Crippen LogP contribution >= 0.6 is 0 Å². The number of hydrogen-bond donors (Lipinski definition) is 2. The zero-order valence-electron chi connectivity index (χ0n) is 11.9. The zero-order valence-corrected chi connectivity index (χ0v) is 11.9. The van der Waals surface area contributed by atoms with Gasteiger partial charge in [0, 0.05) is 5.56 Å². The van der Waals surface area contributed by atoms with E-state index >= 15 is 0 Å². The first kappa shape index (κ1) is 15.4. The minimum Gasteiger partial charge on any atom is -0.508 e. The maximum absolute atomic E-state index is 13.4. The summed E-state index contributed by atoms with van der Waals surface area (Å²) in [5, 5.41) is 13.5. The zero-order chi connectivity index (χ0) is 16.4. The Morgan fingerprint density at radius 1 is 1.09 bits per heavy atom. The number of halogens is 3. The summed E-state index contributed by atoms with van der Waals surface area (Å²) in [7, 11) is 0. The number of hydrogen-bond acceptors (Lipinski definition) is 4. The molecule has 0 spiro atoms. The summed E-state index contributed by atoms with van der Waals surface area (Å²) in [6.45, 7) is 0.382. The molecule has 0 unspecified atom stereocenters. The Morgan fingerprint density at radius 2 is 1.91 bits per heavy atom. The highest BCUT2D eigenvalue weighted by Gasteiger charge is 2.34. The van der Waals surface area contributed by atoms with E-state index in [9.17, 15) is 18.3 Å². The molecule has 0 fully saturated rings. The summed E-state index contributed by atoms with van der Waals surface area (Å²) < 4.78 is 45.4. The van der Waals surface area contributed by atoms with E-state index in [0.717, 1.165) is 6.07 Å². The molecule has 0 saturated carbocycles. The standard InChI is InChI=1S/C16H13F3N2O2/c17-16(18,19)14-7-11(15-8-23-9-20-21-15)4-5-13(14)10-2-1-3-12(22)6-10/h1-7,20,22H,8-9H2. The molecule has 7 heteroatoms. The highest BCUT2D eigenvalue weighted by atomic mass is 19.4. The number of rotatable bonds is 2. The fraction of sp³-hybridized carbons (Fsp3) is 0.188. The van der Waals surface area contributed by atoms with Gasteiger partial charge in [-0.15, -0.1) is 0 Å². The van der Waals surface area contributed by atoms with Crippen molar-refractivity contribution in [3.8, 4) is 16.9 Å². The summed E-state index contributed by atoms with van der Waals surface area (Å²) in [4.78, 5) is 0. The molecule has 0 saturated heterocycles. The van der Waals surface area contributed by atoms with Crippen LogP contribution in [0.3, 0.4) is 0 Å². The van der Waals surface area contributed by atoms with Crippen LogP contribution < -0.4 is 5.43 Å². The molecule has 2 aromatic rings. The predicted octanol–water partition coefficient (Wildman–Crippen LogP) is 3.36. The molecular weight excluding hydrogens is 309 g/mol. The van der Waals surface area contributed by atoms with E-state index in [-0.39, 0.29) is 24.7 Å². The third-order valence-corrected chi connectivity index (χ3v) is 3.43. The minimum absolute atomic E-state index is 0.00226. The molecule has 2 N–H and O–H groups in total. The molecule has 1 aliphatic rings. The molecule has 120 valence electrons. The van der Waals surface area contributed by atoms with Crippen molar-refractivity contribution < 1.29 is 23.0 Å². The summed E-state index contributed by atoms with van der Waals surface area (Å²) in [6, 6.07) is 9.72. The molecule has 3 rings (SSSR count). The quantitative estimate of drug-likeness (QED) is 0.891. The fourth-order valence-electron chi connectivity index (χ4n) is 2.38. The maximum Gasteiger partial charge on any atom is 0.417 e. The molecule has 1 heterocycles. The first-order valence-electron chi connectivity index (χ1n) is 6.83. The molecule has 2 aromatic carbocycles. The van der Waals surface area contributed by atoms with Crippen LogP contribution in [0.4, 0.5) is 13.2 Å². The van der Waals surface area contributed by atoms with Gasteiger partial charge < -0.3 is 9.84 Å². The Bertz CT molecular complexity index is 757. The van der Waals surface area contributed by atoms with Gasteiger partial charge in [-0.3, -0.25) is 5.43 Å². The summed E-state index contributed by atoms with van der Waals surface area (Å²) in [5.74, 6) is -0.0889. The average molecular weight is 322 g/mol. The van der Waals surface area contributed by atoms with E-state index in [0.29, 0.717) is 16.8 Å². The van der Waals surface area contributed by atoms with Crippen molar-refractivity contribution in [1.82, 2.24) is 5.43 Å². The average Bonchev–Trinajstić information content (AvgIpc) is 2.54. The molecule has 1 aliphatic heterocycles. The molecule has 0 bridgehead atoms. The van der Waals surface area contributed by atoms with Gasteiger partial charge in [0.2, 0.25) is 0 Å². The third-order valence-electron chi connectivity index (χ3n) is 3.43. The lowest BCUT2D eigenvalue weighted by molar-refractivity contribution is -0.137. The first-order chi connectivity index (χ1) is 10.9. The van der Waals surface area contributed by atoms with Gasteiger partial charge in [-0.2, -0.15) is 18.3 Å². The van der Waals surface area contributed by atoms with E-state index in [1.807, 2.05) is 0 Å². The lowest BCUT2D eigenvalue weighted by atomic mass is 9.95. The third kappa shape index (κ3) is 3.29. The van der Waals surface area contributed by atoms with Crippen LogP contribution in [-0.4, -0.2) is 24.2 Å². The summed E-state index contributed by atoms with van der Waals surface area (Å²) in [6.07, 6.45) is -4.53. The number of phenols is 1. The molecule has 0 aliphatic carbocycles. The summed E-state index contributed by atoms with van der Waals surface area (Å²) >= 11 is 0. The highest BCUT2D eigenvalue weighted by molar-refractivity contribution is 6.02. The van der Waals surface area contributed by atoms with E-state index in [1.165, 1.54) is 30.3 Å². The number of alkyl halides is 3. The smallest absolute Gasteiger partial charge is 0.417 e. The van der Waals surface area contributed by atoms with Gasteiger partial charge in [-0.1, -0.05) is 24.3 Å². The Hall–Kier alpha value is -2.54. The lowest BCUT2D eigenvalue weighted by Gasteiger charge is -2.18. The topological polar surface area (TPSA) is 53.9 Å². The number of nitrogens with one attached hydrogen (secondary N) is 1. The number of phenolic OH excluding ortho intramolecular Hbond substituents is 1. The van der Waals surface area contributed by atoms with Gasteiger partial charge in [0.15, 0.2) is 0 Å². The van der Waals surface area contributed by atoms with Crippen LogP contribution in [0, 0.1) is 0 Å². The van der Waals surface area contributed by atoms with Gasteiger partial charge in [0.25, 0.3) is 0 Å². The SMILES string of the molecule is Oc1cccc(-c2ccc(C3=NNCOC3)cc2C(F)(F)F)c1. The summed E-state index contributed by atoms with van der Waals surface area (Å²) in [5.41, 5.74) is 2.86. The van der Waals surface area contributed by atoms with Gasteiger partial charge in [0.05, 0.1) is 17.9 Å². The van der Waals surface area contributed by atoms with Crippen molar-refractivity contribution in [2.75, 3.05) is 13.3 Å².